The van der Waals surface area contributed by atoms with Crippen molar-refractivity contribution < 1.29 is 19.3 Å². The number of hydrogen-bond acceptors (Lipinski definition) is 5. The van der Waals surface area contributed by atoms with Gasteiger partial charge in [0.25, 0.3) is 17.5 Å². The number of nitrogens with one attached hydrogen (secondary N) is 1. The highest BCUT2D eigenvalue weighted by molar-refractivity contribution is 6.24. The van der Waals surface area contributed by atoms with Crippen LogP contribution < -0.4 is 5.32 Å². The number of imide groups is 1. The zero-order valence-electron chi connectivity index (χ0n) is 10.9. The second kappa shape index (κ2) is 4.65. The molecule has 0 saturated carbocycles. The average Bonchev–Trinajstić information content (AvgIpc) is 2.72. The van der Waals surface area contributed by atoms with Crippen molar-refractivity contribution in [1.82, 2.24) is 10.2 Å². The summed E-state index contributed by atoms with van der Waals surface area (Å²) < 4.78 is 0. The summed E-state index contributed by atoms with van der Waals surface area (Å²) in [6.45, 7) is 0.499. The van der Waals surface area contributed by atoms with Crippen LogP contribution in [0.1, 0.15) is 33.6 Å². The fourth-order valence-electron chi connectivity index (χ4n) is 2.72. The van der Waals surface area contributed by atoms with Crippen LogP contribution >= 0.6 is 0 Å². The van der Waals surface area contributed by atoms with Gasteiger partial charge in [0.2, 0.25) is 5.91 Å². The molecule has 1 aromatic rings. The zero-order chi connectivity index (χ0) is 15.1. The van der Waals surface area contributed by atoms with Crippen LogP contribution in [0.25, 0.3) is 0 Å². The summed E-state index contributed by atoms with van der Waals surface area (Å²) in [5, 5.41) is 13.6. The van der Waals surface area contributed by atoms with E-state index in [1.54, 1.807) is 0 Å². The van der Waals surface area contributed by atoms with Crippen molar-refractivity contribution in [3.8, 4) is 0 Å². The SMILES string of the molecule is O=C1NCCC[C@@H]1N1C(=O)c2cccc([N+](=O)[O-])c2C1=O. The molecule has 2 aliphatic heterocycles. The van der Waals surface area contributed by atoms with Gasteiger partial charge in [-0.2, -0.15) is 0 Å². The fraction of sp³-hybridized carbons (Fsp3) is 0.308. The van der Waals surface area contributed by atoms with E-state index in [0.29, 0.717) is 19.4 Å². The second-order valence-corrected chi connectivity index (χ2v) is 4.89. The van der Waals surface area contributed by atoms with Gasteiger partial charge in [0.05, 0.1) is 10.5 Å². The van der Waals surface area contributed by atoms with Gasteiger partial charge in [-0.25, -0.2) is 0 Å². The Hall–Kier alpha value is -2.77. The molecule has 2 aliphatic rings. The van der Waals surface area contributed by atoms with Crippen molar-refractivity contribution >= 4 is 23.4 Å². The van der Waals surface area contributed by atoms with E-state index in [-0.39, 0.29) is 11.1 Å². The Labute approximate surface area is 118 Å². The number of nitro benzene ring substituents is 1. The highest BCUT2D eigenvalue weighted by Gasteiger charge is 2.46. The fourth-order valence-corrected chi connectivity index (χ4v) is 2.72. The monoisotopic (exact) mass is 289 g/mol. The first-order valence-corrected chi connectivity index (χ1v) is 6.45. The first-order chi connectivity index (χ1) is 10.0. The molecule has 8 heteroatoms. The number of piperidine rings is 1. The Bertz CT molecular complexity index is 684. The quantitative estimate of drug-likeness (QED) is 0.483. The molecule has 1 atom stereocenters. The summed E-state index contributed by atoms with van der Waals surface area (Å²) in [6.07, 6.45) is 1.01. The molecule has 108 valence electrons. The molecule has 0 unspecified atom stereocenters. The number of nitro groups is 1. The number of amides is 3. The van der Waals surface area contributed by atoms with E-state index in [4.69, 9.17) is 0 Å². The molecule has 3 amide bonds. The topological polar surface area (TPSA) is 110 Å². The van der Waals surface area contributed by atoms with Crippen LogP contribution in [0.3, 0.4) is 0 Å². The number of carbonyl (C=O) groups is 3. The zero-order valence-corrected chi connectivity index (χ0v) is 10.9. The molecule has 21 heavy (non-hydrogen) atoms. The van der Waals surface area contributed by atoms with Gasteiger partial charge in [0.15, 0.2) is 0 Å². The molecule has 0 spiro atoms. The van der Waals surface area contributed by atoms with Crippen LogP contribution in [-0.2, 0) is 4.79 Å². The Balaban J connectivity index is 2.07. The van der Waals surface area contributed by atoms with Crippen LogP contribution in [0.5, 0.6) is 0 Å². The number of nitrogens with zero attached hydrogens (tertiary/aromatic N) is 2. The van der Waals surface area contributed by atoms with Gasteiger partial charge in [-0.1, -0.05) is 6.07 Å². The Morgan fingerprint density at radius 3 is 2.67 bits per heavy atom. The van der Waals surface area contributed by atoms with E-state index in [0.717, 1.165) is 4.90 Å². The standard InChI is InChI=1S/C13H11N3O5/c17-11-9(5-2-6-14-11)15-12(18)7-3-1-4-8(16(20)21)10(7)13(15)19/h1,3-4,9H,2,5-6H2,(H,14,17)/t9-/m0/s1. The van der Waals surface area contributed by atoms with E-state index in [1.165, 1.54) is 18.2 Å². The predicted octanol–water partition coefficient (Wildman–Crippen LogP) is 0.469. The minimum absolute atomic E-state index is 0.0208. The molecular weight excluding hydrogens is 278 g/mol. The van der Waals surface area contributed by atoms with Crippen LogP contribution in [-0.4, -0.2) is 40.1 Å². The van der Waals surface area contributed by atoms with E-state index in [1.807, 2.05) is 0 Å². The molecule has 3 rings (SSSR count). The van der Waals surface area contributed by atoms with Gasteiger partial charge >= 0.3 is 0 Å². The molecule has 0 aromatic heterocycles. The van der Waals surface area contributed by atoms with Gasteiger partial charge in [0.1, 0.15) is 11.6 Å². The molecular formula is C13H11N3O5. The molecule has 1 fully saturated rings. The summed E-state index contributed by atoms with van der Waals surface area (Å²) in [5.74, 6) is -1.83. The molecule has 2 heterocycles. The van der Waals surface area contributed by atoms with Crippen molar-refractivity contribution in [3.63, 3.8) is 0 Å². The number of benzene rings is 1. The van der Waals surface area contributed by atoms with Crippen LogP contribution in [0, 0.1) is 10.1 Å². The minimum Gasteiger partial charge on any atom is -0.354 e. The van der Waals surface area contributed by atoms with E-state index >= 15 is 0 Å². The first-order valence-electron chi connectivity index (χ1n) is 6.45. The predicted molar refractivity (Wildman–Crippen MR) is 69.6 cm³/mol. The maximum atomic E-state index is 12.4. The lowest BCUT2D eigenvalue weighted by atomic mass is 10.1. The summed E-state index contributed by atoms with van der Waals surface area (Å²) >= 11 is 0. The molecule has 1 saturated heterocycles. The summed E-state index contributed by atoms with van der Waals surface area (Å²) in [4.78, 5) is 47.7. The lowest BCUT2D eigenvalue weighted by molar-refractivity contribution is -0.385. The van der Waals surface area contributed by atoms with Gasteiger partial charge in [-0.15, -0.1) is 0 Å². The van der Waals surface area contributed by atoms with Crippen molar-refractivity contribution in [1.29, 1.82) is 0 Å². The lowest BCUT2D eigenvalue weighted by Gasteiger charge is -2.28. The second-order valence-electron chi connectivity index (χ2n) is 4.89. The van der Waals surface area contributed by atoms with Gasteiger partial charge in [-0.3, -0.25) is 29.4 Å². The van der Waals surface area contributed by atoms with Crippen molar-refractivity contribution in [3.05, 3.63) is 39.4 Å². The average molecular weight is 289 g/mol. The Kier molecular flexibility index (Phi) is 2.93. The number of carbonyl (C=O) groups excluding carboxylic acids is 3. The maximum Gasteiger partial charge on any atom is 0.282 e. The third kappa shape index (κ3) is 1.87. The number of rotatable bonds is 2. The molecule has 0 bridgehead atoms. The number of fused-ring (bicyclic) bond motifs is 1. The first kappa shape index (κ1) is 13.2. The summed E-state index contributed by atoms with van der Waals surface area (Å²) in [7, 11) is 0. The van der Waals surface area contributed by atoms with Crippen molar-refractivity contribution in [2.24, 2.45) is 0 Å². The van der Waals surface area contributed by atoms with Gasteiger partial charge in [-0.05, 0) is 18.9 Å². The summed E-state index contributed by atoms with van der Waals surface area (Å²) in [6, 6.07) is 3.00. The normalized spacial score (nSPS) is 21.2. The number of hydrogen-bond donors (Lipinski definition) is 1. The van der Waals surface area contributed by atoms with Gasteiger partial charge in [0, 0.05) is 12.6 Å². The molecule has 8 nitrogen and oxygen atoms in total. The smallest absolute Gasteiger partial charge is 0.282 e. The van der Waals surface area contributed by atoms with E-state index < -0.39 is 34.4 Å². The molecule has 0 radical (unpaired) electrons. The minimum atomic E-state index is -0.897. The van der Waals surface area contributed by atoms with Crippen molar-refractivity contribution in [2.75, 3.05) is 6.54 Å². The highest BCUT2D eigenvalue weighted by atomic mass is 16.6. The Morgan fingerprint density at radius 1 is 1.24 bits per heavy atom. The highest BCUT2D eigenvalue weighted by Crippen LogP contribution is 2.33. The molecule has 1 N–H and O–H groups in total. The van der Waals surface area contributed by atoms with Crippen LogP contribution in [0.15, 0.2) is 18.2 Å². The molecule has 0 aliphatic carbocycles. The van der Waals surface area contributed by atoms with Crippen LogP contribution in [0.2, 0.25) is 0 Å². The maximum absolute atomic E-state index is 12.4. The largest absolute Gasteiger partial charge is 0.354 e. The van der Waals surface area contributed by atoms with E-state index in [9.17, 15) is 24.5 Å². The lowest BCUT2D eigenvalue weighted by Crippen LogP contribution is -2.52. The van der Waals surface area contributed by atoms with E-state index in [2.05, 4.69) is 5.32 Å². The summed E-state index contributed by atoms with van der Waals surface area (Å²) in [5.41, 5.74) is -0.664. The third-order valence-electron chi connectivity index (χ3n) is 3.69. The van der Waals surface area contributed by atoms with Crippen LogP contribution in [0.4, 0.5) is 5.69 Å². The van der Waals surface area contributed by atoms with Crippen molar-refractivity contribution in [2.45, 2.75) is 18.9 Å². The third-order valence-corrected chi connectivity index (χ3v) is 3.69. The van der Waals surface area contributed by atoms with Gasteiger partial charge < -0.3 is 5.32 Å². The molecule has 1 aromatic carbocycles. The Morgan fingerprint density at radius 2 is 2.00 bits per heavy atom.